The van der Waals surface area contributed by atoms with Gasteiger partial charge in [-0.05, 0) is 43.2 Å². The number of rotatable bonds is 3. The lowest BCUT2D eigenvalue weighted by Crippen LogP contribution is -2.36. The van der Waals surface area contributed by atoms with E-state index in [1.54, 1.807) is 13.1 Å². The second kappa shape index (κ2) is 7.24. The number of fused-ring (bicyclic) bond motifs is 1. The van der Waals surface area contributed by atoms with Gasteiger partial charge in [0.05, 0.1) is 17.1 Å². The number of ether oxygens (including phenoxy) is 2. The first-order valence-electron chi connectivity index (χ1n) is 9.86. The predicted octanol–water partition coefficient (Wildman–Crippen LogP) is 3.59. The van der Waals surface area contributed by atoms with Crippen molar-refractivity contribution >= 4 is 5.91 Å². The van der Waals surface area contributed by atoms with Crippen LogP contribution in [0.15, 0.2) is 42.6 Å². The topological polar surface area (TPSA) is 80.3 Å². The number of hydrogen-bond acceptors (Lipinski definition) is 5. The number of H-pyrrole nitrogens is 1. The van der Waals surface area contributed by atoms with E-state index in [9.17, 15) is 4.79 Å². The molecule has 1 N–H and O–H groups in total. The summed E-state index contributed by atoms with van der Waals surface area (Å²) in [5.74, 6) is 2.85. The SMILES string of the molecule is CC(=O)N1CCC(c2nc(-c3ccc4c(c3)OCO4)c(-c3ccccn3)[nH]2)CC1. The number of aromatic amines is 1. The number of pyridine rings is 1. The highest BCUT2D eigenvalue weighted by Gasteiger charge is 2.27. The van der Waals surface area contributed by atoms with Crippen LogP contribution in [-0.4, -0.2) is 45.6 Å². The smallest absolute Gasteiger partial charge is 0.231 e. The molecular weight excluding hydrogens is 368 g/mol. The molecule has 7 nitrogen and oxygen atoms in total. The lowest BCUT2D eigenvalue weighted by molar-refractivity contribution is -0.129. The van der Waals surface area contributed by atoms with E-state index in [0.29, 0.717) is 0 Å². The van der Waals surface area contributed by atoms with E-state index < -0.39 is 0 Å². The molecule has 1 aromatic carbocycles. The zero-order valence-electron chi connectivity index (χ0n) is 16.2. The zero-order chi connectivity index (χ0) is 19.8. The summed E-state index contributed by atoms with van der Waals surface area (Å²) < 4.78 is 11.0. The Hall–Kier alpha value is -3.35. The van der Waals surface area contributed by atoms with Crippen LogP contribution < -0.4 is 9.47 Å². The maximum Gasteiger partial charge on any atom is 0.231 e. The molecule has 0 aliphatic carbocycles. The molecule has 2 aromatic heterocycles. The van der Waals surface area contributed by atoms with Crippen molar-refractivity contribution in [1.29, 1.82) is 0 Å². The number of carbonyl (C=O) groups excluding carboxylic acids is 1. The monoisotopic (exact) mass is 390 g/mol. The molecule has 2 aliphatic rings. The van der Waals surface area contributed by atoms with Crippen LogP contribution in [0, 0.1) is 0 Å². The van der Waals surface area contributed by atoms with Gasteiger partial charge in [-0.1, -0.05) is 6.07 Å². The van der Waals surface area contributed by atoms with Gasteiger partial charge in [-0.15, -0.1) is 0 Å². The molecule has 0 unspecified atom stereocenters. The lowest BCUT2D eigenvalue weighted by Gasteiger charge is -2.30. The number of benzene rings is 1. The minimum atomic E-state index is 0.137. The fraction of sp³-hybridized carbons (Fsp3) is 0.318. The van der Waals surface area contributed by atoms with Gasteiger partial charge < -0.3 is 19.4 Å². The van der Waals surface area contributed by atoms with Crippen LogP contribution in [0.1, 0.15) is 31.5 Å². The highest BCUT2D eigenvalue weighted by Crippen LogP contribution is 2.39. The second-order valence-electron chi connectivity index (χ2n) is 7.41. The van der Waals surface area contributed by atoms with Gasteiger partial charge in [0, 0.05) is 37.7 Å². The summed E-state index contributed by atoms with van der Waals surface area (Å²) in [7, 11) is 0. The molecule has 1 amide bonds. The summed E-state index contributed by atoms with van der Waals surface area (Å²) in [6.45, 7) is 3.40. The van der Waals surface area contributed by atoms with Crippen LogP contribution in [-0.2, 0) is 4.79 Å². The number of hydrogen-bond donors (Lipinski definition) is 1. The van der Waals surface area contributed by atoms with Gasteiger partial charge in [0.1, 0.15) is 5.82 Å². The van der Waals surface area contributed by atoms with Gasteiger partial charge >= 0.3 is 0 Å². The van der Waals surface area contributed by atoms with Crippen molar-refractivity contribution < 1.29 is 14.3 Å². The summed E-state index contributed by atoms with van der Waals surface area (Å²) >= 11 is 0. The average molecular weight is 390 g/mol. The molecule has 148 valence electrons. The van der Waals surface area contributed by atoms with Crippen LogP contribution in [0.4, 0.5) is 0 Å². The zero-order valence-corrected chi connectivity index (χ0v) is 16.2. The fourth-order valence-corrected chi connectivity index (χ4v) is 4.00. The standard InChI is InChI=1S/C22H22N4O3/c1-14(27)26-10-7-15(8-11-26)22-24-20(21(25-22)17-4-2-3-9-23-17)16-5-6-18-19(12-16)29-13-28-18/h2-6,9,12,15H,7-8,10-11,13H2,1H3,(H,24,25). The van der Waals surface area contributed by atoms with E-state index >= 15 is 0 Å². The molecule has 5 rings (SSSR count). The molecule has 2 aliphatic heterocycles. The van der Waals surface area contributed by atoms with Gasteiger partial charge in [0.15, 0.2) is 11.5 Å². The normalized spacial score (nSPS) is 16.2. The lowest BCUT2D eigenvalue weighted by atomic mass is 9.96. The first-order valence-corrected chi connectivity index (χ1v) is 9.86. The average Bonchev–Trinajstić information content (AvgIpc) is 3.41. The van der Waals surface area contributed by atoms with Gasteiger partial charge in [-0.3, -0.25) is 9.78 Å². The second-order valence-corrected chi connectivity index (χ2v) is 7.41. The Morgan fingerprint density at radius 3 is 2.72 bits per heavy atom. The van der Waals surface area contributed by atoms with Crippen LogP contribution in [0.25, 0.3) is 22.6 Å². The summed E-state index contributed by atoms with van der Waals surface area (Å²) in [6, 6.07) is 11.7. The van der Waals surface area contributed by atoms with E-state index in [2.05, 4.69) is 9.97 Å². The summed E-state index contributed by atoms with van der Waals surface area (Å²) in [4.78, 5) is 26.6. The molecule has 7 heteroatoms. The van der Waals surface area contributed by atoms with Gasteiger partial charge in [-0.25, -0.2) is 4.98 Å². The fourth-order valence-electron chi connectivity index (χ4n) is 4.00. The number of imidazole rings is 1. The Bertz CT molecular complexity index is 1040. The van der Waals surface area contributed by atoms with Crippen molar-refractivity contribution in [1.82, 2.24) is 19.9 Å². The number of nitrogens with one attached hydrogen (secondary N) is 1. The Kier molecular flexibility index (Phi) is 4.42. The summed E-state index contributed by atoms with van der Waals surface area (Å²) in [6.07, 6.45) is 3.58. The van der Waals surface area contributed by atoms with Crippen molar-refractivity contribution in [2.75, 3.05) is 19.9 Å². The molecule has 0 saturated carbocycles. The van der Waals surface area contributed by atoms with E-state index in [1.807, 2.05) is 41.3 Å². The Morgan fingerprint density at radius 1 is 1.14 bits per heavy atom. The number of nitrogens with zero attached hydrogens (tertiary/aromatic N) is 3. The Labute approximate surface area is 168 Å². The number of likely N-dealkylation sites (tertiary alicyclic amines) is 1. The maximum atomic E-state index is 11.6. The van der Waals surface area contributed by atoms with Crippen molar-refractivity contribution in [3.8, 4) is 34.1 Å². The molecule has 1 fully saturated rings. The molecule has 0 radical (unpaired) electrons. The van der Waals surface area contributed by atoms with Crippen LogP contribution in [0.5, 0.6) is 11.5 Å². The molecule has 0 atom stereocenters. The van der Waals surface area contributed by atoms with Crippen LogP contribution in [0.2, 0.25) is 0 Å². The minimum absolute atomic E-state index is 0.137. The van der Waals surface area contributed by atoms with E-state index in [1.165, 1.54) is 0 Å². The van der Waals surface area contributed by atoms with Crippen LogP contribution in [0.3, 0.4) is 0 Å². The molecule has 0 spiro atoms. The number of aromatic nitrogens is 3. The third kappa shape index (κ3) is 3.33. The molecule has 0 bridgehead atoms. The van der Waals surface area contributed by atoms with E-state index in [0.717, 1.165) is 65.9 Å². The minimum Gasteiger partial charge on any atom is -0.454 e. The summed E-state index contributed by atoms with van der Waals surface area (Å²) in [5.41, 5.74) is 3.55. The van der Waals surface area contributed by atoms with Gasteiger partial charge in [-0.2, -0.15) is 0 Å². The predicted molar refractivity (Wildman–Crippen MR) is 108 cm³/mol. The molecule has 4 heterocycles. The van der Waals surface area contributed by atoms with Crippen molar-refractivity contribution in [2.45, 2.75) is 25.7 Å². The van der Waals surface area contributed by atoms with Gasteiger partial charge in [0.25, 0.3) is 0 Å². The third-order valence-electron chi connectivity index (χ3n) is 5.62. The van der Waals surface area contributed by atoms with E-state index in [-0.39, 0.29) is 18.6 Å². The maximum absolute atomic E-state index is 11.6. The van der Waals surface area contributed by atoms with Crippen molar-refractivity contribution in [3.05, 3.63) is 48.4 Å². The first kappa shape index (κ1) is 17.7. The Morgan fingerprint density at radius 2 is 1.97 bits per heavy atom. The highest BCUT2D eigenvalue weighted by molar-refractivity contribution is 5.78. The summed E-state index contributed by atoms with van der Waals surface area (Å²) in [5, 5.41) is 0. The molecule has 1 saturated heterocycles. The quantitative estimate of drug-likeness (QED) is 0.739. The van der Waals surface area contributed by atoms with Crippen molar-refractivity contribution in [2.24, 2.45) is 0 Å². The molecular formula is C22H22N4O3. The van der Waals surface area contributed by atoms with Crippen LogP contribution >= 0.6 is 0 Å². The highest BCUT2D eigenvalue weighted by atomic mass is 16.7. The first-order chi connectivity index (χ1) is 14.2. The van der Waals surface area contributed by atoms with E-state index in [4.69, 9.17) is 14.5 Å². The number of piperidine rings is 1. The number of carbonyl (C=O) groups is 1. The van der Waals surface area contributed by atoms with Crippen molar-refractivity contribution in [3.63, 3.8) is 0 Å². The molecule has 29 heavy (non-hydrogen) atoms. The largest absolute Gasteiger partial charge is 0.454 e. The van der Waals surface area contributed by atoms with Gasteiger partial charge in [0.2, 0.25) is 12.7 Å². The molecule has 3 aromatic rings. The third-order valence-corrected chi connectivity index (χ3v) is 5.62. The Balaban J connectivity index is 1.53. The number of amides is 1.